The zero-order chi connectivity index (χ0) is 18.2. The molecule has 5 atom stereocenters. The molecule has 0 amide bonds. The fraction of sp³-hybridized carbons (Fsp3) is 0.538. The van der Waals surface area contributed by atoms with Gasteiger partial charge < -0.3 is 35.3 Å². The Hall–Kier alpha value is -1.43. The van der Waals surface area contributed by atoms with Crippen LogP contribution in [0.1, 0.15) is 19.6 Å². The summed E-state index contributed by atoms with van der Waals surface area (Å²) < 4.78 is 11.7. The van der Waals surface area contributed by atoms with Crippen molar-refractivity contribution in [1.29, 1.82) is 0 Å². The normalized spacial score (nSPS) is 30.8. The van der Waals surface area contributed by atoms with Crippen LogP contribution in [0.25, 0.3) is 11.0 Å². The molecule has 0 aliphatic carbocycles. The van der Waals surface area contributed by atoms with E-state index in [0.717, 1.165) is 0 Å². The van der Waals surface area contributed by atoms with Crippen LogP contribution in [0.2, 0.25) is 0 Å². The quantitative estimate of drug-likeness (QED) is 0.254. The summed E-state index contributed by atoms with van der Waals surface area (Å²) in [6, 6.07) is 1.67. The van der Waals surface area contributed by atoms with Gasteiger partial charge in [0.05, 0.1) is 5.39 Å². The molecule has 1 saturated heterocycles. The molecule has 0 saturated carbocycles. The largest absolute Gasteiger partial charge is 0.387 e. The Kier molecular flexibility index (Phi) is 5.19. The molecule has 0 aromatic carbocycles. The van der Waals surface area contributed by atoms with Crippen LogP contribution in [0.5, 0.6) is 0 Å². The van der Waals surface area contributed by atoms with Crippen LogP contribution in [0, 0.1) is 0 Å². The average molecular weight is 374 g/mol. The number of nitrogens with two attached hydrogens (primary N) is 1. The summed E-state index contributed by atoms with van der Waals surface area (Å²) in [5.74, 6) is 0.271. The number of aliphatic hydroxyl groups is 3. The first-order valence-electron chi connectivity index (χ1n) is 7.46. The molecular weight excluding hydrogens is 355 g/mol. The molecular formula is C13H19N4O7P. The lowest BCUT2D eigenvalue weighted by Crippen LogP contribution is -2.46. The molecule has 12 heteroatoms. The van der Waals surface area contributed by atoms with E-state index >= 15 is 0 Å². The van der Waals surface area contributed by atoms with Gasteiger partial charge >= 0.3 is 0 Å². The molecule has 2 aromatic heterocycles. The molecule has 0 bridgehead atoms. The second-order valence-electron chi connectivity index (χ2n) is 5.53. The van der Waals surface area contributed by atoms with Crippen molar-refractivity contribution in [1.82, 2.24) is 14.5 Å². The van der Waals surface area contributed by atoms with Crippen LogP contribution in [0.3, 0.4) is 0 Å². The molecule has 1 fully saturated rings. The van der Waals surface area contributed by atoms with E-state index in [1.165, 1.54) is 10.9 Å². The number of hydrogen-bond donors (Lipinski definition) is 5. The van der Waals surface area contributed by atoms with E-state index in [-0.39, 0.29) is 12.2 Å². The molecule has 0 spiro atoms. The number of fused-ring (bicyclic) bond motifs is 1. The van der Waals surface area contributed by atoms with Crippen LogP contribution in [0.15, 0.2) is 18.6 Å². The van der Waals surface area contributed by atoms with Crippen LogP contribution in [-0.4, -0.2) is 59.1 Å². The van der Waals surface area contributed by atoms with Gasteiger partial charge in [-0.05, 0) is 12.5 Å². The minimum atomic E-state index is -2.22. The summed E-state index contributed by atoms with van der Waals surface area (Å²) in [7, 11) is -2.22. The van der Waals surface area contributed by atoms with Gasteiger partial charge in [0.1, 0.15) is 35.8 Å². The lowest BCUT2D eigenvalue weighted by molar-refractivity contribution is -0.332. The highest BCUT2D eigenvalue weighted by molar-refractivity contribution is 7.45. The number of nitrogen functional groups attached to an aromatic ring is 1. The van der Waals surface area contributed by atoms with E-state index in [1.54, 1.807) is 19.2 Å². The lowest BCUT2D eigenvalue weighted by Gasteiger charge is -2.30. The van der Waals surface area contributed by atoms with Crippen molar-refractivity contribution in [3.8, 4) is 0 Å². The molecule has 1 aliphatic heterocycles. The van der Waals surface area contributed by atoms with Crippen molar-refractivity contribution in [2.75, 3.05) is 12.1 Å². The van der Waals surface area contributed by atoms with Crippen LogP contribution in [0.4, 0.5) is 5.82 Å². The molecule has 0 radical (unpaired) electrons. The van der Waals surface area contributed by atoms with Gasteiger partial charge in [-0.25, -0.2) is 9.97 Å². The summed E-state index contributed by atoms with van der Waals surface area (Å²) >= 11 is 0. The molecule has 2 unspecified atom stereocenters. The van der Waals surface area contributed by atoms with Crippen molar-refractivity contribution in [3.63, 3.8) is 0 Å². The average Bonchev–Trinajstić information content (AvgIpc) is 3.14. The SMILES string of the molecule is CC[C@@]1(O)C(O)[C@@H](OOP(O)CO)O[C@H]1n1ccc2c(N)ncnc21. The number of hydrogen-bond acceptors (Lipinski definition) is 10. The van der Waals surface area contributed by atoms with E-state index in [2.05, 4.69) is 14.6 Å². The van der Waals surface area contributed by atoms with Crippen molar-refractivity contribution in [3.05, 3.63) is 18.6 Å². The second kappa shape index (κ2) is 7.06. The number of aliphatic hydroxyl groups excluding tert-OH is 2. The fourth-order valence-corrected chi connectivity index (χ4v) is 2.99. The first-order chi connectivity index (χ1) is 11.9. The zero-order valence-corrected chi connectivity index (χ0v) is 14.2. The first-order valence-corrected chi connectivity index (χ1v) is 8.85. The van der Waals surface area contributed by atoms with Crippen LogP contribution < -0.4 is 5.73 Å². The van der Waals surface area contributed by atoms with Crippen molar-refractivity contribution >= 4 is 25.2 Å². The summed E-state index contributed by atoms with van der Waals surface area (Å²) in [5.41, 5.74) is 4.51. The van der Waals surface area contributed by atoms with Gasteiger partial charge in [0.2, 0.25) is 14.7 Å². The maximum absolute atomic E-state index is 10.9. The molecule has 3 rings (SSSR count). The third-order valence-corrected chi connectivity index (χ3v) is 4.66. The first kappa shape index (κ1) is 18.4. The topological polar surface area (TPSA) is 165 Å². The Labute approximate surface area is 143 Å². The Morgan fingerprint density at radius 1 is 1.48 bits per heavy atom. The Morgan fingerprint density at radius 3 is 2.92 bits per heavy atom. The van der Waals surface area contributed by atoms with Crippen molar-refractivity contribution < 1.29 is 34.5 Å². The number of aromatic nitrogens is 3. The molecule has 3 heterocycles. The van der Waals surface area contributed by atoms with E-state index in [4.69, 9.17) is 20.5 Å². The minimum Gasteiger partial charge on any atom is -0.387 e. The molecule has 1 aliphatic rings. The Bertz CT molecular complexity index is 746. The monoisotopic (exact) mass is 374 g/mol. The van der Waals surface area contributed by atoms with Crippen LogP contribution >= 0.6 is 8.38 Å². The predicted molar refractivity (Wildman–Crippen MR) is 85.5 cm³/mol. The van der Waals surface area contributed by atoms with Crippen molar-refractivity contribution in [2.24, 2.45) is 0 Å². The van der Waals surface area contributed by atoms with E-state index in [0.29, 0.717) is 11.0 Å². The van der Waals surface area contributed by atoms with Gasteiger partial charge in [-0.2, -0.15) is 9.56 Å². The summed E-state index contributed by atoms with van der Waals surface area (Å²) in [6.07, 6.45) is -1.53. The summed E-state index contributed by atoms with van der Waals surface area (Å²) in [4.78, 5) is 22.1. The number of rotatable bonds is 6. The summed E-state index contributed by atoms with van der Waals surface area (Å²) in [6.45, 7) is 1.67. The third-order valence-electron chi connectivity index (χ3n) is 4.16. The van der Waals surface area contributed by atoms with Crippen LogP contribution in [-0.2, 0) is 14.3 Å². The lowest BCUT2D eigenvalue weighted by atomic mass is 9.93. The molecule has 6 N–H and O–H groups in total. The molecule has 25 heavy (non-hydrogen) atoms. The number of anilines is 1. The van der Waals surface area contributed by atoms with Gasteiger partial charge in [0, 0.05) is 6.20 Å². The summed E-state index contributed by atoms with van der Waals surface area (Å²) in [5, 5.41) is 30.6. The highest BCUT2D eigenvalue weighted by Crippen LogP contribution is 2.44. The second-order valence-corrected chi connectivity index (χ2v) is 6.67. The zero-order valence-electron chi connectivity index (χ0n) is 13.3. The third kappa shape index (κ3) is 3.09. The molecule has 2 aromatic rings. The number of nitrogens with zero attached hydrogens (tertiary/aromatic N) is 3. The number of ether oxygens (including phenoxy) is 1. The van der Waals surface area contributed by atoms with Gasteiger partial charge in [0.15, 0.2) is 6.23 Å². The predicted octanol–water partition coefficient (Wildman–Crippen LogP) is -0.427. The Morgan fingerprint density at radius 2 is 2.24 bits per heavy atom. The highest BCUT2D eigenvalue weighted by Gasteiger charge is 2.56. The maximum Gasteiger partial charge on any atom is 0.232 e. The van der Waals surface area contributed by atoms with Gasteiger partial charge in [-0.3, -0.25) is 0 Å². The Balaban J connectivity index is 1.92. The van der Waals surface area contributed by atoms with Crippen molar-refractivity contribution in [2.45, 2.75) is 37.6 Å². The van der Waals surface area contributed by atoms with E-state index < -0.39 is 38.9 Å². The van der Waals surface area contributed by atoms with Gasteiger partial charge in [-0.1, -0.05) is 6.92 Å². The van der Waals surface area contributed by atoms with E-state index in [1.807, 2.05) is 0 Å². The van der Waals surface area contributed by atoms with E-state index in [9.17, 15) is 15.1 Å². The minimum absolute atomic E-state index is 0.132. The standard InChI is InChI=1S/C13H19N4O7P/c1-2-13(20)8(19)11(23-24-25(21)6-18)22-12(13)17-4-3-7-9(14)15-5-16-10(7)17/h3-5,8,11-12,18-21H,2,6H2,1H3,(H2,14,15,16)/t8?,11-,12-,13-,25?/m1/s1. The maximum atomic E-state index is 10.9. The van der Waals surface area contributed by atoms with Gasteiger partial charge in [0.25, 0.3) is 0 Å². The highest BCUT2D eigenvalue weighted by atomic mass is 31.2. The fourth-order valence-electron chi connectivity index (χ4n) is 2.76. The van der Waals surface area contributed by atoms with Gasteiger partial charge in [-0.15, -0.1) is 0 Å². The smallest absolute Gasteiger partial charge is 0.232 e. The molecule has 11 nitrogen and oxygen atoms in total. The molecule has 138 valence electrons.